The Balaban J connectivity index is 1.79. The van der Waals surface area contributed by atoms with E-state index in [0.29, 0.717) is 5.75 Å². The molecule has 1 aliphatic heterocycles. The molecule has 0 atom stereocenters. The first-order chi connectivity index (χ1) is 11.3. The number of carbonyl (C=O) groups excluding carboxylic acids is 1. The number of fused-ring (bicyclic) bond motifs is 1. The Morgan fingerprint density at radius 2 is 1.70 bits per heavy atom. The van der Waals surface area contributed by atoms with E-state index >= 15 is 0 Å². The minimum atomic E-state index is -0.267. The van der Waals surface area contributed by atoms with Gasteiger partial charge in [-0.2, -0.15) is 0 Å². The van der Waals surface area contributed by atoms with Crippen LogP contribution >= 0.6 is 0 Å². The molecule has 4 rings (SSSR count). The van der Waals surface area contributed by atoms with Gasteiger partial charge in [0.15, 0.2) is 11.5 Å². The monoisotopic (exact) mass is 309 g/mol. The van der Waals surface area contributed by atoms with Crippen LogP contribution in [0.5, 0.6) is 11.5 Å². The van der Waals surface area contributed by atoms with Crippen LogP contribution in [-0.4, -0.2) is 13.2 Å². The predicted molar refractivity (Wildman–Crippen MR) is 87.7 cm³/mol. The molecule has 0 bridgehead atoms. The number of rotatable bonds is 4. The average molecular weight is 309 g/mol. The molecule has 0 N–H and O–H groups in total. The maximum absolute atomic E-state index is 12.0. The van der Waals surface area contributed by atoms with Crippen LogP contribution in [0.1, 0.15) is 31.2 Å². The summed E-state index contributed by atoms with van der Waals surface area (Å²) in [6, 6.07) is 16.0. The molecule has 0 radical (unpaired) electrons. The fourth-order valence-corrected chi connectivity index (χ4v) is 3.82. The second kappa shape index (κ2) is 5.61. The number of benzene rings is 2. The van der Waals surface area contributed by atoms with E-state index in [1.807, 2.05) is 41.3 Å². The Bertz CT molecular complexity index is 708. The van der Waals surface area contributed by atoms with Gasteiger partial charge in [0.2, 0.25) is 13.2 Å². The average Bonchev–Trinajstić information content (AvgIpc) is 3.26. The fraction of sp³-hybridized carbons (Fsp3) is 0.316. The Hall–Kier alpha value is -2.49. The number of hydrogen-bond acceptors (Lipinski definition) is 3. The highest BCUT2D eigenvalue weighted by atomic mass is 16.7. The van der Waals surface area contributed by atoms with Crippen LogP contribution in [-0.2, 0) is 10.3 Å². The van der Waals surface area contributed by atoms with E-state index in [0.717, 1.165) is 43.5 Å². The highest BCUT2D eigenvalue weighted by molar-refractivity contribution is 5.79. The summed E-state index contributed by atoms with van der Waals surface area (Å²) in [5.41, 5.74) is 1.79. The molecule has 23 heavy (non-hydrogen) atoms. The molecule has 1 saturated carbocycles. The summed E-state index contributed by atoms with van der Waals surface area (Å²) in [5.74, 6) is 1.44. The van der Waals surface area contributed by atoms with Gasteiger partial charge in [0.1, 0.15) is 0 Å². The molecule has 1 amide bonds. The third-order valence-corrected chi connectivity index (χ3v) is 4.94. The van der Waals surface area contributed by atoms with Crippen LogP contribution in [0.15, 0.2) is 48.5 Å². The molecule has 1 heterocycles. The highest BCUT2D eigenvalue weighted by Crippen LogP contribution is 2.46. The molecule has 0 aromatic heterocycles. The lowest BCUT2D eigenvalue weighted by atomic mass is 9.86. The van der Waals surface area contributed by atoms with Gasteiger partial charge in [0, 0.05) is 11.8 Å². The Morgan fingerprint density at radius 1 is 0.957 bits per heavy atom. The van der Waals surface area contributed by atoms with E-state index in [2.05, 4.69) is 12.1 Å². The minimum absolute atomic E-state index is 0.240. The Kier molecular flexibility index (Phi) is 3.45. The van der Waals surface area contributed by atoms with Gasteiger partial charge in [-0.05, 0) is 30.5 Å². The van der Waals surface area contributed by atoms with Gasteiger partial charge in [-0.15, -0.1) is 0 Å². The summed E-state index contributed by atoms with van der Waals surface area (Å²) < 4.78 is 10.8. The molecule has 2 aromatic carbocycles. The Labute approximate surface area is 135 Å². The Morgan fingerprint density at radius 3 is 2.43 bits per heavy atom. The second-order valence-electron chi connectivity index (χ2n) is 6.12. The summed E-state index contributed by atoms with van der Waals surface area (Å²) in [6.45, 7) is 0.240. The lowest BCUT2D eigenvalue weighted by Crippen LogP contribution is -2.43. The molecule has 0 spiro atoms. The van der Waals surface area contributed by atoms with Crippen molar-refractivity contribution in [2.75, 3.05) is 11.7 Å². The lowest BCUT2D eigenvalue weighted by molar-refractivity contribution is -0.108. The topological polar surface area (TPSA) is 38.8 Å². The van der Waals surface area contributed by atoms with Crippen LogP contribution in [0.4, 0.5) is 5.69 Å². The number of carbonyl (C=O) groups is 1. The summed E-state index contributed by atoms with van der Waals surface area (Å²) in [6.07, 6.45) is 5.16. The molecule has 118 valence electrons. The van der Waals surface area contributed by atoms with E-state index in [1.54, 1.807) is 0 Å². The van der Waals surface area contributed by atoms with Gasteiger partial charge in [0.05, 0.1) is 5.54 Å². The first kappa shape index (κ1) is 14.1. The molecule has 1 aliphatic carbocycles. The largest absolute Gasteiger partial charge is 0.454 e. The molecular formula is C19H19NO3. The maximum atomic E-state index is 12.0. The zero-order valence-electron chi connectivity index (χ0n) is 12.9. The van der Waals surface area contributed by atoms with Crippen molar-refractivity contribution in [3.05, 3.63) is 54.1 Å². The van der Waals surface area contributed by atoms with E-state index in [9.17, 15) is 4.79 Å². The van der Waals surface area contributed by atoms with Gasteiger partial charge >= 0.3 is 0 Å². The molecule has 1 fully saturated rings. The van der Waals surface area contributed by atoms with Crippen LogP contribution in [0.25, 0.3) is 0 Å². The fourth-order valence-electron chi connectivity index (χ4n) is 3.82. The van der Waals surface area contributed by atoms with Crippen LogP contribution in [0, 0.1) is 0 Å². The van der Waals surface area contributed by atoms with Crippen molar-refractivity contribution in [2.24, 2.45) is 0 Å². The van der Waals surface area contributed by atoms with Crippen molar-refractivity contribution in [3.63, 3.8) is 0 Å². The highest BCUT2D eigenvalue weighted by Gasteiger charge is 2.41. The van der Waals surface area contributed by atoms with Crippen molar-refractivity contribution in [1.29, 1.82) is 0 Å². The zero-order valence-corrected chi connectivity index (χ0v) is 12.9. The van der Waals surface area contributed by atoms with Gasteiger partial charge in [-0.25, -0.2) is 0 Å². The molecule has 4 heteroatoms. The summed E-state index contributed by atoms with van der Waals surface area (Å²) in [4.78, 5) is 13.9. The van der Waals surface area contributed by atoms with Crippen LogP contribution in [0.2, 0.25) is 0 Å². The quantitative estimate of drug-likeness (QED) is 0.805. The van der Waals surface area contributed by atoms with Gasteiger partial charge in [-0.1, -0.05) is 43.2 Å². The standard InChI is InChI=1S/C19H19NO3/c21-13-20(16-8-9-17-18(12-16)23-14-22-17)19(10-4-5-11-19)15-6-2-1-3-7-15/h1-3,6-9,12-13H,4-5,10-11,14H2. The van der Waals surface area contributed by atoms with Crippen molar-refractivity contribution in [2.45, 2.75) is 31.2 Å². The second-order valence-corrected chi connectivity index (χ2v) is 6.12. The van der Waals surface area contributed by atoms with E-state index in [4.69, 9.17) is 9.47 Å². The van der Waals surface area contributed by atoms with Crippen molar-refractivity contribution >= 4 is 12.1 Å². The minimum Gasteiger partial charge on any atom is -0.454 e. The number of anilines is 1. The third kappa shape index (κ3) is 2.25. The van der Waals surface area contributed by atoms with E-state index < -0.39 is 0 Å². The van der Waals surface area contributed by atoms with Crippen LogP contribution in [0.3, 0.4) is 0 Å². The third-order valence-electron chi connectivity index (χ3n) is 4.94. The smallest absolute Gasteiger partial charge is 0.231 e. The van der Waals surface area contributed by atoms with Crippen molar-refractivity contribution in [1.82, 2.24) is 0 Å². The first-order valence-electron chi connectivity index (χ1n) is 8.03. The zero-order chi connectivity index (χ0) is 15.7. The van der Waals surface area contributed by atoms with E-state index in [-0.39, 0.29) is 12.3 Å². The summed E-state index contributed by atoms with van der Waals surface area (Å²) >= 11 is 0. The van der Waals surface area contributed by atoms with Crippen molar-refractivity contribution < 1.29 is 14.3 Å². The number of amides is 1. The molecule has 2 aliphatic rings. The molecule has 0 saturated heterocycles. The lowest BCUT2D eigenvalue weighted by Gasteiger charge is -2.39. The number of hydrogen-bond donors (Lipinski definition) is 0. The SMILES string of the molecule is O=CN(c1ccc2c(c1)OCO2)C1(c2ccccc2)CCCC1. The van der Waals surface area contributed by atoms with Crippen LogP contribution < -0.4 is 14.4 Å². The number of ether oxygens (including phenoxy) is 2. The first-order valence-corrected chi connectivity index (χ1v) is 8.03. The summed E-state index contributed by atoms with van der Waals surface area (Å²) in [5, 5.41) is 0. The number of nitrogens with zero attached hydrogens (tertiary/aromatic N) is 1. The predicted octanol–water partition coefficient (Wildman–Crippen LogP) is 3.85. The van der Waals surface area contributed by atoms with Crippen molar-refractivity contribution in [3.8, 4) is 11.5 Å². The molecule has 4 nitrogen and oxygen atoms in total. The van der Waals surface area contributed by atoms with Gasteiger partial charge in [-0.3, -0.25) is 4.79 Å². The molecular weight excluding hydrogens is 290 g/mol. The normalized spacial score (nSPS) is 17.9. The maximum Gasteiger partial charge on any atom is 0.231 e. The van der Waals surface area contributed by atoms with Gasteiger partial charge < -0.3 is 14.4 Å². The van der Waals surface area contributed by atoms with E-state index in [1.165, 1.54) is 5.56 Å². The summed E-state index contributed by atoms with van der Waals surface area (Å²) in [7, 11) is 0. The molecule has 2 aromatic rings. The van der Waals surface area contributed by atoms with Gasteiger partial charge in [0.25, 0.3) is 0 Å². The molecule has 0 unspecified atom stereocenters.